The molecule has 0 radical (unpaired) electrons. The third-order valence-corrected chi connectivity index (χ3v) is 11.8. The molecular formula is C45H54N6O7. The van der Waals surface area contributed by atoms with Gasteiger partial charge in [-0.05, 0) is 103 Å². The van der Waals surface area contributed by atoms with Gasteiger partial charge < -0.3 is 34.1 Å². The lowest BCUT2D eigenvalue weighted by Gasteiger charge is -2.31. The molecule has 13 heteroatoms. The van der Waals surface area contributed by atoms with E-state index < -0.39 is 17.7 Å². The van der Waals surface area contributed by atoms with Crippen molar-refractivity contribution in [3.8, 4) is 28.1 Å². The molecule has 13 nitrogen and oxygen atoms in total. The Hall–Kier alpha value is -5.43. The molecule has 5 heterocycles. The van der Waals surface area contributed by atoms with Gasteiger partial charge in [-0.25, -0.2) is 14.6 Å². The van der Waals surface area contributed by atoms with Crippen LogP contribution in [-0.2, 0) is 32.0 Å². The molecule has 3 amide bonds. The summed E-state index contributed by atoms with van der Waals surface area (Å²) in [6.07, 6.45) is 3.05. The molecule has 0 spiro atoms. The Bertz CT molecular complexity index is 2290. The first kappa shape index (κ1) is 39.4. The summed E-state index contributed by atoms with van der Waals surface area (Å²) in [7, 11) is 2.99. The van der Waals surface area contributed by atoms with Gasteiger partial charge in [0, 0.05) is 43.8 Å². The van der Waals surface area contributed by atoms with E-state index in [9.17, 15) is 14.4 Å². The first-order valence-corrected chi connectivity index (χ1v) is 20.3. The van der Waals surface area contributed by atoms with Gasteiger partial charge >= 0.3 is 12.2 Å². The highest BCUT2D eigenvalue weighted by Crippen LogP contribution is 2.45. The Morgan fingerprint density at radius 2 is 1.81 bits per heavy atom. The van der Waals surface area contributed by atoms with E-state index in [1.54, 1.807) is 12.0 Å². The molecule has 306 valence electrons. The van der Waals surface area contributed by atoms with Crippen LogP contribution in [0.3, 0.4) is 0 Å². The number of amides is 3. The van der Waals surface area contributed by atoms with Crippen LogP contribution in [0.25, 0.3) is 33.2 Å². The second kappa shape index (κ2) is 15.4. The number of methoxy groups -OCH3 is 2. The number of aromatic amines is 1. The SMILES string of the molecule is COC[C@H]1C[C@@H](c2ncc(-c3ccc4c(c3)COc3cc5c6c(ccc5cc3-4)N=C([C@@H]3C[C@H](C)CN3C(=O)[C@@H](NC(=O)OC)C(C)C)C6)[nH]2)N(C(=O)OC(C)(C)C)C1. The fourth-order valence-corrected chi connectivity index (χ4v) is 9.09. The highest BCUT2D eigenvalue weighted by molar-refractivity contribution is 6.06. The van der Waals surface area contributed by atoms with Crippen LogP contribution in [0.15, 0.2) is 53.7 Å². The predicted octanol–water partition coefficient (Wildman–Crippen LogP) is 7.98. The summed E-state index contributed by atoms with van der Waals surface area (Å²) in [6, 6.07) is 13.9. The molecule has 0 unspecified atom stereocenters. The third kappa shape index (κ3) is 7.52. The van der Waals surface area contributed by atoms with Crippen LogP contribution in [0.2, 0.25) is 0 Å². The number of imidazole rings is 1. The van der Waals surface area contributed by atoms with Crippen LogP contribution in [0.4, 0.5) is 15.3 Å². The maximum absolute atomic E-state index is 13.9. The number of carbonyl (C=O) groups excluding carboxylic acids is 3. The number of ether oxygens (including phenoxy) is 4. The molecule has 2 saturated heterocycles. The Morgan fingerprint density at radius 1 is 1.00 bits per heavy atom. The van der Waals surface area contributed by atoms with Crippen molar-refractivity contribution < 1.29 is 33.3 Å². The van der Waals surface area contributed by atoms with E-state index >= 15 is 0 Å². The average molecular weight is 791 g/mol. The topological polar surface area (TPSA) is 148 Å². The summed E-state index contributed by atoms with van der Waals surface area (Å²) >= 11 is 0. The largest absolute Gasteiger partial charge is 0.488 e. The number of H-pyrrole nitrogens is 1. The normalized spacial score (nSPS) is 21.6. The minimum atomic E-state index is -0.687. The van der Waals surface area contributed by atoms with E-state index in [4.69, 9.17) is 28.9 Å². The molecule has 0 aliphatic carbocycles. The molecule has 0 bridgehead atoms. The van der Waals surface area contributed by atoms with Crippen LogP contribution in [0.5, 0.6) is 5.75 Å². The zero-order chi connectivity index (χ0) is 41.0. The van der Waals surface area contributed by atoms with Crippen LogP contribution in [0, 0.1) is 17.8 Å². The van der Waals surface area contributed by atoms with Crippen LogP contribution in [0.1, 0.15) is 77.4 Å². The van der Waals surface area contributed by atoms with Crippen molar-refractivity contribution in [2.24, 2.45) is 22.7 Å². The summed E-state index contributed by atoms with van der Waals surface area (Å²) in [5.41, 5.74) is 7.50. The molecular weight excluding hydrogens is 737 g/mol. The summed E-state index contributed by atoms with van der Waals surface area (Å²) < 4.78 is 22.5. The van der Waals surface area contributed by atoms with Gasteiger partial charge in [-0.2, -0.15) is 0 Å². The van der Waals surface area contributed by atoms with E-state index in [2.05, 4.69) is 59.7 Å². The predicted molar refractivity (Wildman–Crippen MR) is 221 cm³/mol. The summed E-state index contributed by atoms with van der Waals surface area (Å²) in [5, 5.41) is 4.95. The highest BCUT2D eigenvalue weighted by Gasteiger charge is 2.42. The number of likely N-dealkylation sites (tertiary alicyclic amines) is 2. The van der Waals surface area contributed by atoms with Gasteiger partial charge in [-0.15, -0.1) is 0 Å². The maximum atomic E-state index is 13.9. The number of rotatable bonds is 8. The smallest absolute Gasteiger partial charge is 0.410 e. The highest BCUT2D eigenvalue weighted by atomic mass is 16.6. The number of nitrogens with zero attached hydrogens (tertiary/aromatic N) is 4. The monoisotopic (exact) mass is 790 g/mol. The maximum Gasteiger partial charge on any atom is 0.410 e. The second-order valence-electron chi connectivity index (χ2n) is 17.7. The minimum absolute atomic E-state index is 0.105. The van der Waals surface area contributed by atoms with Gasteiger partial charge in [-0.3, -0.25) is 14.7 Å². The molecule has 5 atom stereocenters. The lowest BCUT2D eigenvalue weighted by Crippen LogP contribution is -2.53. The van der Waals surface area contributed by atoms with Crippen LogP contribution < -0.4 is 10.1 Å². The second-order valence-corrected chi connectivity index (χ2v) is 17.7. The van der Waals surface area contributed by atoms with Crippen molar-refractivity contribution in [1.82, 2.24) is 25.1 Å². The molecule has 4 aromatic rings. The summed E-state index contributed by atoms with van der Waals surface area (Å²) in [5.74, 6) is 1.82. The molecule has 2 fully saturated rings. The van der Waals surface area contributed by atoms with E-state index in [0.29, 0.717) is 38.6 Å². The fourth-order valence-electron chi connectivity index (χ4n) is 9.09. The number of nitrogens with one attached hydrogen (secondary N) is 2. The van der Waals surface area contributed by atoms with Crippen molar-refractivity contribution >= 4 is 40.3 Å². The Labute approximate surface area is 339 Å². The summed E-state index contributed by atoms with van der Waals surface area (Å²) in [4.78, 5) is 56.3. The Balaban J connectivity index is 1.02. The standard InChI is InChI=1S/C45H54N6O7/c1-24(2)40(49-43(53)56-8)42(52)50-20-25(3)13-37(50)35-17-32-31-18-39-33(16-27(31)10-12-34(32)47-35)30-11-9-28(15-29(30)23-57-39)36-19-46-41(48-36)38-14-26(22-55-7)21-51(38)44(54)58-45(4,5)6/h9-12,15-16,18-19,24-26,37-38,40H,13-14,17,20-23H2,1-8H3,(H,46,48)(H,49,53)/t25-,26-,37-,38-,40-/m0/s1. The summed E-state index contributed by atoms with van der Waals surface area (Å²) in [6.45, 7) is 13.8. The molecule has 4 aliphatic heterocycles. The van der Waals surface area contributed by atoms with Crippen molar-refractivity contribution in [2.45, 2.75) is 91.1 Å². The quantitative estimate of drug-likeness (QED) is 0.183. The number of hydrogen-bond donors (Lipinski definition) is 2. The molecule has 58 heavy (non-hydrogen) atoms. The zero-order valence-corrected chi connectivity index (χ0v) is 34.7. The Kier molecular flexibility index (Phi) is 10.5. The first-order chi connectivity index (χ1) is 27.7. The zero-order valence-electron chi connectivity index (χ0n) is 34.7. The van der Waals surface area contributed by atoms with E-state index in [-0.39, 0.29) is 35.9 Å². The average Bonchev–Trinajstić information content (AvgIpc) is 4.00. The van der Waals surface area contributed by atoms with Gasteiger partial charge in [-0.1, -0.05) is 39.0 Å². The first-order valence-electron chi connectivity index (χ1n) is 20.3. The number of alkyl carbamates (subject to hydrolysis) is 1. The number of benzene rings is 3. The minimum Gasteiger partial charge on any atom is -0.488 e. The van der Waals surface area contributed by atoms with Crippen molar-refractivity contribution in [2.75, 3.05) is 33.9 Å². The lowest BCUT2D eigenvalue weighted by molar-refractivity contribution is -0.134. The number of carbonyl (C=O) groups is 3. The van der Waals surface area contributed by atoms with Gasteiger partial charge in [0.1, 0.15) is 29.8 Å². The Morgan fingerprint density at radius 3 is 2.55 bits per heavy atom. The van der Waals surface area contributed by atoms with Gasteiger partial charge in [0.15, 0.2) is 0 Å². The molecule has 0 saturated carbocycles. The number of aliphatic imine (C=N–C) groups is 1. The third-order valence-electron chi connectivity index (χ3n) is 11.8. The number of aromatic nitrogens is 2. The molecule has 4 aliphatic rings. The van der Waals surface area contributed by atoms with E-state index in [1.807, 2.05) is 45.7 Å². The molecule has 2 N–H and O–H groups in total. The molecule has 3 aromatic carbocycles. The fraction of sp³-hybridized carbons (Fsp3) is 0.489. The van der Waals surface area contributed by atoms with Crippen LogP contribution in [-0.4, -0.2) is 95.2 Å². The molecule has 8 rings (SSSR count). The van der Waals surface area contributed by atoms with Gasteiger partial charge in [0.05, 0.1) is 43.4 Å². The number of fused-ring (bicyclic) bond motifs is 6. The van der Waals surface area contributed by atoms with E-state index in [0.717, 1.165) is 80.1 Å². The van der Waals surface area contributed by atoms with Crippen molar-refractivity contribution in [3.05, 3.63) is 65.6 Å². The van der Waals surface area contributed by atoms with Gasteiger partial charge in [0.2, 0.25) is 5.91 Å². The molecule has 1 aromatic heterocycles. The van der Waals surface area contributed by atoms with E-state index in [1.165, 1.54) is 7.11 Å². The van der Waals surface area contributed by atoms with Crippen LogP contribution >= 0.6 is 0 Å². The van der Waals surface area contributed by atoms with Gasteiger partial charge in [0.25, 0.3) is 0 Å². The van der Waals surface area contributed by atoms with Crippen molar-refractivity contribution in [3.63, 3.8) is 0 Å². The number of hydrogen-bond acceptors (Lipinski definition) is 9. The van der Waals surface area contributed by atoms with Crippen molar-refractivity contribution in [1.29, 1.82) is 0 Å². The lowest BCUT2D eigenvalue weighted by atomic mass is 9.90.